The Hall–Kier alpha value is -2.23. The highest BCUT2D eigenvalue weighted by atomic mass is 16.5. The van der Waals surface area contributed by atoms with Crippen molar-refractivity contribution in [3.05, 3.63) is 47.3 Å². The summed E-state index contributed by atoms with van der Waals surface area (Å²) in [5.74, 6) is 0.940. The molecule has 0 unspecified atom stereocenters. The maximum Gasteiger partial charge on any atom is 0.183 e. The topological polar surface area (TPSA) is 43.3 Å². The number of ketones is 1. The number of Topliss-reactive ketones (excluding diaryl/α,β-unsaturated/α-hetero) is 1. The van der Waals surface area contributed by atoms with E-state index in [1.165, 1.54) is 0 Å². The van der Waals surface area contributed by atoms with Crippen LogP contribution in [0, 0.1) is 13.8 Å². The van der Waals surface area contributed by atoms with Crippen molar-refractivity contribution >= 4 is 11.5 Å². The number of nitrogens with one attached hydrogen (secondary N) is 1. The fourth-order valence-corrected chi connectivity index (χ4v) is 3.19. The quantitative estimate of drug-likeness (QED) is 0.791. The molecular formula is C20H28N2O2. The lowest BCUT2D eigenvalue weighted by molar-refractivity contribution is 0.101. The Morgan fingerprint density at radius 3 is 2.29 bits per heavy atom. The molecule has 0 radical (unpaired) electrons. The van der Waals surface area contributed by atoms with Crippen LogP contribution in [0.1, 0.15) is 49.4 Å². The van der Waals surface area contributed by atoms with Gasteiger partial charge >= 0.3 is 0 Å². The van der Waals surface area contributed by atoms with Gasteiger partial charge in [0.25, 0.3) is 0 Å². The average Bonchev–Trinajstić information content (AvgIpc) is 2.81. The molecule has 1 aromatic carbocycles. The summed E-state index contributed by atoms with van der Waals surface area (Å²) in [6, 6.07) is 9.65. The average molecular weight is 328 g/mol. The first-order valence-corrected chi connectivity index (χ1v) is 8.43. The number of anilines is 1. The van der Waals surface area contributed by atoms with Gasteiger partial charge in [-0.1, -0.05) is 0 Å². The Bertz CT molecular complexity index is 706. The SMILES string of the molecule is CCOc1ccc(NCC(=O)c2cc(C)n(C(C)(C)C)c2C)cc1. The van der Waals surface area contributed by atoms with Gasteiger partial charge in [-0.15, -0.1) is 0 Å². The zero-order chi connectivity index (χ0) is 17.9. The molecule has 0 spiro atoms. The van der Waals surface area contributed by atoms with Gasteiger partial charge in [-0.25, -0.2) is 0 Å². The van der Waals surface area contributed by atoms with Crippen molar-refractivity contribution in [2.45, 2.75) is 47.1 Å². The number of carbonyl (C=O) groups excluding carboxylic acids is 1. The van der Waals surface area contributed by atoms with Gasteiger partial charge in [0.1, 0.15) is 5.75 Å². The van der Waals surface area contributed by atoms with E-state index in [1.807, 2.05) is 44.2 Å². The Balaban J connectivity index is 2.08. The molecule has 0 aliphatic carbocycles. The maximum atomic E-state index is 12.6. The van der Waals surface area contributed by atoms with E-state index < -0.39 is 0 Å². The molecule has 130 valence electrons. The van der Waals surface area contributed by atoms with E-state index in [2.05, 4.69) is 37.6 Å². The fourth-order valence-electron chi connectivity index (χ4n) is 3.19. The van der Waals surface area contributed by atoms with Gasteiger partial charge in [0.05, 0.1) is 13.2 Å². The lowest BCUT2D eigenvalue weighted by Crippen LogP contribution is -2.24. The van der Waals surface area contributed by atoms with E-state index in [0.717, 1.165) is 28.4 Å². The van der Waals surface area contributed by atoms with E-state index in [0.29, 0.717) is 6.61 Å². The molecular weight excluding hydrogens is 300 g/mol. The van der Waals surface area contributed by atoms with Gasteiger partial charge in [-0.2, -0.15) is 0 Å². The molecule has 2 aromatic rings. The molecule has 4 heteroatoms. The van der Waals surface area contributed by atoms with Crippen LogP contribution in [0.3, 0.4) is 0 Å². The van der Waals surface area contributed by atoms with Crippen LogP contribution in [0.5, 0.6) is 5.75 Å². The summed E-state index contributed by atoms with van der Waals surface area (Å²) in [6.45, 7) is 13.4. The molecule has 0 saturated carbocycles. The van der Waals surface area contributed by atoms with E-state index in [4.69, 9.17) is 4.74 Å². The number of rotatable bonds is 6. The van der Waals surface area contributed by atoms with Crippen molar-refractivity contribution in [1.29, 1.82) is 0 Å². The van der Waals surface area contributed by atoms with Gasteiger partial charge < -0.3 is 14.6 Å². The molecule has 0 fully saturated rings. The van der Waals surface area contributed by atoms with Gasteiger partial charge in [-0.05, 0) is 71.9 Å². The van der Waals surface area contributed by atoms with E-state index >= 15 is 0 Å². The summed E-state index contributed by atoms with van der Waals surface area (Å²) in [5.41, 5.74) is 3.81. The highest BCUT2D eigenvalue weighted by Crippen LogP contribution is 2.25. The predicted octanol–water partition coefficient (Wildman–Crippen LogP) is 4.55. The van der Waals surface area contributed by atoms with Crippen molar-refractivity contribution in [1.82, 2.24) is 4.57 Å². The molecule has 0 atom stereocenters. The number of ether oxygens (including phenoxy) is 1. The van der Waals surface area contributed by atoms with Crippen molar-refractivity contribution in [2.75, 3.05) is 18.5 Å². The molecule has 0 bridgehead atoms. The summed E-state index contributed by atoms with van der Waals surface area (Å²) in [7, 11) is 0. The first-order chi connectivity index (χ1) is 11.2. The normalized spacial score (nSPS) is 11.4. The van der Waals surface area contributed by atoms with Crippen molar-refractivity contribution in [3.63, 3.8) is 0 Å². The van der Waals surface area contributed by atoms with Crippen LogP contribution in [0.2, 0.25) is 0 Å². The summed E-state index contributed by atoms with van der Waals surface area (Å²) in [6.07, 6.45) is 0. The highest BCUT2D eigenvalue weighted by Gasteiger charge is 2.22. The zero-order valence-corrected chi connectivity index (χ0v) is 15.6. The Labute approximate surface area is 144 Å². The number of carbonyl (C=O) groups is 1. The second-order valence-corrected chi connectivity index (χ2v) is 7.03. The predicted molar refractivity (Wildman–Crippen MR) is 99.3 cm³/mol. The molecule has 0 amide bonds. The molecule has 24 heavy (non-hydrogen) atoms. The summed E-state index contributed by atoms with van der Waals surface area (Å²) in [4.78, 5) is 12.6. The van der Waals surface area contributed by atoms with Crippen LogP contribution in [-0.4, -0.2) is 23.5 Å². The lowest BCUT2D eigenvalue weighted by Gasteiger charge is -2.25. The molecule has 4 nitrogen and oxygen atoms in total. The minimum Gasteiger partial charge on any atom is -0.494 e. The third kappa shape index (κ3) is 3.99. The summed E-state index contributed by atoms with van der Waals surface area (Å²) >= 11 is 0. The van der Waals surface area contributed by atoms with Crippen LogP contribution in [0.25, 0.3) is 0 Å². The number of aromatic nitrogens is 1. The monoisotopic (exact) mass is 328 g/mol. The number of hydrogen-bond donors (Lipinski definition) is 1. The molecule has 0 aliphatic rings. The van der Waals surface area contributed by atoms with Gasteiger partial charge in [0.2, 0.25) is 0 Å². The molecule has 0 saturated heterocycles. The number of aryl methyl sites for hydroxylation is 1. The van der Waals surface area contributed by atoms with Gasteiger partial charge in [-0.3, -0.25) is 4.79 Å². The van der Waals surface area contributed by atoms with Crippen molar-refractivity contribution < 1.29 is 9.53 Å². The second kappa shape index (κ2) is 7.12. The number of nitrogens with zero attached hydrogens (tertiary/aromatic N) is 1. The Kier molecular flexibility index (Phi) is 5.37. The second-order valence-electron chi connectivity index (χ2n) is 7.03. The molecule has 1 aromatic heterocycles. The minimum atomic E-state index is -0.0325. The molecule has 2 rings (SSSR count). The van der Waals surface area contributed by atoms with E-state index in [9.17, 15) is 4.79 Å². The van der Waals surface area contributed by atoms with Gasteiger partial charge in [0.15, 0.2) is 5.78 Å². The maximum absolute atomic E-state index is 12.6. The molecule has 1 heterocycles. The van der Waals surface area contributed by atoms with Crippen LogP contribution in [0.15, 0.2) is 30.3 Å². The van der Waals surface area contributed by atoms with Crippen LogP contribution >= 0.6 is 0 Å². The Morgan fingerprint density at radius 1 is 1.17 bits per heavy atom. The minimum absolute atomic E-state index is 0.0325. The Morgan fingerprint density at radius 2 is 1.79 bits per heavy atom. The highest BCUT2D eigenvalue weighted by molar-refractivity contribution is 6.00. The zero-order valence-electron chi connectivity index (χ0n) is 15.6. The third-order valence-electron chi connectivity index (χ3n) is 4.02. The van der Waals surface area contributed by atoms with Gasteiger partial charge in [0, 0.05) is 28.2 Å². The standard InChI is InChI=1S/C20H28N2O2/c1-7-24-17-10-8-16(9-11-17)21-13-19(23)18-12-14(2)22(15(18)3)20(4,5)6/h8-12,21H,7,13H2,1-6H3. The smallest absolute Gasteiger partial charge is 0.183 e. The lowest BCUT2D eigenvalue weighted by atomic mass is 10.1. The number of hydrogen-bond acceptors (Lipinski definition) is 3. The molecule has 0 aliphatic heterocycles. The first kappa shape index (κ1) is 18.1. The largest absolute Gasteiger partial charge is 0.494 e. The van der Waals surface area contributed by atoms with Crippen LogP contribution < -0.4 is 10.1 Å². The molecule has 1 N–H and O–H groups in total. The first-order valence-electron chi connectivity index (χ1n) is 8.43. The van der Waals surface area contributed by atoms with Crippen molar-refractivity contribution in [3.8, 4) is 5.75 Å². The number of benzene rings is 1. The van der Waals surface area contributed by atoms with E-state index in [-0.39, 0.29) is 17.9 Å². The van der Waals surface area contributed by atoms with Crippen LogP contribution in [-0.2, 0) is 5.54 Å². The third-order valence-corrected chi connectivity index (χ3v) is 4.02. The summed E-state index contributed by atoms with van der Waals surface area (Å²) in [5, 5.41) is 3.19. The fraction of sp³-hybridized carbons (Fsp3) is 0.450. The summed E-state index contributed by atoms with van der Waals surface area (Å²) < 4.78 is 7.64. The van der Waals surface area contributed by atoms with Crippen LogP contribution in [0.4, 0.5) is 5.69 Å². The van der Waals surface area contributed by atoms with E-state index in [1.54, 1.807) is 0 Å². The van der Waals surface area contributed by atoms with Crippen molar-refractivity contribution in [2.24, 2.45) is 0 Å².